The Morgan fingerprint density at radius 2 is 1.71 bits per heavy atom. The highest BCUT2D eigenvalue weighted by molar-refractivity contribution is 9.10. The molecule has 34 heavy (non-hydrogen) atoms. The fourth-order valence-electron chi connectivity index (χ4n) is 4.38. The van der Waals surface area contributed by atoms with Crippen LogP contribution >= 0.6 is 31.9 Å². The normalized spacial score (nSPS) is 13.2. The molecular formula is C25H19Br2N5O2. The van der Waals surface area contributed by atoms with Crippen LogP contribution in [0.5, 0.6) is 0 Å². The number of methoxy groups -OCH3 is 1. The van der Waals surface area contributed by atoms with Crippen LogP contribution in [0.15, 0.2) is 87.4 Å². The monoisotopic (exact) mass is 579 g/mol. The van der Waals surface area contributed by atoms with Crippen LogP contribution in [0.2, 0.25) is 0 Å². The number of nitrogens with one attached hydrogen (secondary N) is 1. The smallest absolute Gasteiger partial charge is 0.251 e. The largest absolute Gasteiger partial charge is 0.362 e. The zero-order chi connectivity index (χ0) is 23.9. The van der Waals surface area contributed by atoms with Crippen molar-refractivity contribution in [3.8, 4) is 11.1 Å². The lowest BCUT2D eigenvalue weighted by Crippen LogP contribution is -2.32. The summed E-state index contributed by atoms with van der Waals surface area (Å²) in [5.74, 6) is 0. The molecule has 0 amide bonds. The van der Waals surface area contributed by atoms with E-state index in [9.17, 15) is 4.79 Å². The summed E-state index contributed by atoms with van der Waals surface area (Å²) in [6.07, 6.45) is 6.83. The number of aryl methyl sites for hydroxylation is 1. The van der Waals surface area contributed by atoms with E-state index in [1.54, 1.807) is 49.7 Å². The molecule has 5 rings (SSSR count). The number of hydrogen-bond acceptors (Lipinski definition) is 5. The van der Waals surface area contributed by atoms with Gasteiger partial charge in [-0.05, 0) is 90.5 Å². The van der Waals surface area contributed by atoms with Crippen LogP contribution in [-0.2, 0) is 17.4 Å². The predicted octanol–water partition coefficient (Wildman–Crippen LogP) is 5.18. The summed E-state index contributed by atoms with van der Waals surface area (Å²) in [5.41, 5.74) is 3.95. The Morgan fingerprint density at radius 3 is 2.38 bits per heavy atom. The number of aromatic nitrogens is 5. The van der Waals surface area contributed by atoms with E-state index in [0.29, 0.717) is 9.21 Å². The van der Waals surface area contributed by atoms with Gasteiger partial charge in [0.15, 0.2) is 5.60 Å². The van der Waals surface area contributed by atoms with Gasteiger partial charge < -0.3 is 14.3 Å². The maximum absolute atomic E-state index is 12.8. The molecule has 0 radical (unpaired) electrons. The lowest BCUT2D eigenvalue weighted by molar-refractivity contribution is 0.0551. The molecule has 0 aliphatic carbocycles. The van der Waals surface area contributed by atoms with Crippen molar-refractivity contribution in [3.63, 3.8) is 0 Å². The third-order valence-electron chi connectivity index (χ3n) is 6.01. The van der Waals surface area contributed by atoms with Gasteiger partial charge in [-0.15, -0.1) is 0 Å². The molecule has 0 spiro atoms. The average Bonchev–Trinajstić information content (AvgIpc) is 3.38. The number of H-pyrrole nitrogens is 1. The Hall–Kier alpha value is -3.14. The molecule has 0 fully saturated rings. The minimum Gasteiger partial charge on any atom is -0.362 e. The van der Waals surface area contributed by atoms with Crippen molar-refractivity contribution in [1.29, 1.82) is 0 Å². The van der Waals surface area contributed by atoms with E-state index in [1.165, 1.54) is 0 Å². The molecule has 4 aromatic heterocycles. The first-order valence-corrected chi connectivity index (χ1v) is 11.9. The van der Waals surface area contributed by atoms with Gasteiger partial charge in [0.2, 0.25) is 0 Å². The summed E-state index contributed by atoms with van der Waals surface area (Å²) >= 11 is 6.93. The molecule has 1 N–H and O–H groups in total. The van der Waals surface area contributed by atoms with Gasteiger partial charge >= 0.3 is 0 Å². The minimum atomic E-state index is -0.985. The van der Waals surface area contributed by atoms with E-state index in [0.717, 1.165) is 38.9 Å². The SMILES string of the molecule is COC(c1ccnc(Br)c1)(c1ccc2c(c1)c(-c1ccnc(Br)c1)cc(=O)n2C)c1cnc[nH]1. The number of benzene rings is 1. The maximum Gasteiger partial charge on any atom is 0.251 e. The van der Waals surface area contributed by atoms with Crippen molar-refractivity contribution in [2.75, 3.05) is 7.11 Å². The number of nitrogens with zero attached hydrogens (tertiary/aromatic N) is 4. The summed E-state index contributed by atoms with van der Waals surface area (Å²) in [6, 6.07) is 15.3. The highest BCUT2D eigenvalue weighted by atomic mass is 79.9. The van der Waals surface area contributed by atoms with E-state index in [1.807, 2.05) is 36.4 Å². The number of fused-ring (bicyclic) bond motifs is 1. The van der Waals surface area contributed by atoms with Gasteiger partial charge in [0, 0.05) is 38.0 Å². The molecule has 0 aliphatic heterocycles. The fourth-order valence-corrected chi connectivity index (χ4v) is 5.11. The second-order valence-electron chi connectivity index (χ2n) is 7.77. The summed E-state index contributed by atoms with van der Waals surface area (Å²) in [5, 5.41) is 0.909. The first-order valence-electron chi connectivity index (χ1n) is 10.4. The van der Waals surface area contributed by atoms with Gasteiger partial charge in [0.1, 0.15) is 9.21 Å². The van der Waals surface area contributed by atoms with Gasteiger partial charge in [0.05, 0.1) is 23.7 Å². The van der Waals surface area contributed by atoms with E-state index in [2.05, 4.69) is 57.9 Å². The van der Waals surface area contributed by atoms with Crippen molar-refractivity contribution in [2.24, 2.45) is 7.05 Å². The second-order valence-corrected chi connectivity index (χ2v) is 9.40. The van der Waals surface area contributed by atoms with Crippen LogP contribution in [0.1, 0.15) is 16.8 Å². The van der Waals surface area contributed by atoms with Crippen molar-refractivity contribution in [1.82, 2.24) is 24.5 Å². The third kappa shape index (κ3) is 3.70. The molecule has 1 aromatic carbocycles. The van der Waals surface area contributed by atoms with Crippen molar-refractivity contribution in [3.05, 3.63) is 110 Å². The van der Waals surface area contributed by atoms with Gasteiger partial charge in [-0.1, -0.05) is 6.07 Å². The molecule has 5 aromatic rings. The summed E-state index contributed by atoms with van der Waals surface area (Å²) in [4.78, 5) is 28.8. The van der Waals surface area contributed by atoms with Gasteiger partial charge in [0.25, 0.3) is 5.56 Å². The first kappa shape index (κ1) is 22.6. The third-order valence-corrected chi connectivity index (χ3v) is 6.87. The summed E-state index contributed by atoms with van der Waals surface area (Å²) in [6.45, 7) is 0. The van der Waals surface area contributed by atoms with Gasteiger partial charge in [-0.25, -0.2) is 15.0 Å². The van der Waals surface area contributed by atoms with Crippen molar-refractivity contribution >= 4 is 42.8 Å². The second kappa shape index (κ2) is 8.90. The number of rotatable bonds is 5. The molecule has 0 saturated carbocycles. The van der Waals surface area contributed by atoms with Crippen LogP contribution in [0.3, 0.4) is 0 Å². The van der Waals surface area contributed by atoms with Gasteiger partial charge in [-0.2, -0.15) is 0 Å². The Labute approximate surface area is 212 Å². The fraction of sp³-hybridized carbons (Fsp3) is 0.120. The number of imidazole rings is 1. The highest BCUT2D eigenvalue weighted by Crippen LogP contribution is 2.41. The average molecular weight is 581 g/mol. The van der Waals surface area contributed by atoms with E-state index in [-0.39, 0.29) is 5.56 Å². The zero-order valence-corrected chi connectivity index (χ0v) is 21.5. The number of ether oxygens (including phenoxy) is 1. The van der Waals surface area contributed by atoms with E-state index >= 15 is 0 Å². The van der Waals surface area contributed by atoms with Crippen molar-refractivity contribution in [2.45, 2.75) is 5.60 Å². The molecule has 9 heteroatoms. The molecule has 4 heterocycles. The Bertz CT molecular complexity index is 1570. The molecule has 0 saturated heterocycles. The molecule has 7 nitrogen and oxygen atoms in total. The topological polar surface area (TPSA) is 85.7 Å². The molecule has 1 atom stereocenters. The van der Waals surface area contributed by atoms with Crippen LogP contribution in [0, 0.1) is 0 Å². The lowest BCUT2D eigenvalue weighted by Gasteiger charge is -2.33. The Balaban J connectivity index is 1.86. The van der Waals surface area contributed by atoms with Crippen molar-refractivity contribution < 1.29 is 4.74 Å². The lowest BCUT2D eigenvalue weighted by atomic mass is 9.83. The minimum absolute atomic E-state index is 0.0900. The summed E-state index contributed by atoms with van der Waals surface area (Å²) < 4.78 is 9.30. The quantitative estimate of drug-likeness (QED) is 0.289. The number of hydrogen-bond donors (Lipinski definition) is 1. The maximum atomic E-state index is 12.8. The zero-order valence-electron chi connectivity index (χ0n) is 18.3. The van der Waals surface area contributed by atoms with Gasteiger partial charge in [-0.3, -0.25) is 4.79 Å². The molecule has 1 unspecified atom stereocenters. The standard InChI is InChI=1S/C25H19Br2N5O2/c1-32-20-4-3-16(10-19(20)18(12-24(32)33)15-5-7-29-22(26)9-15)25(34-2,21-13-28-14-31-21)17-6-8-30-23(27)11-17/h3-14H,1-2H3,(H,28,31). The Kier molecular flexibility index (Phi) is 5.93. The Morgan fingerprint density at radius 1 is 0.971 bits per heavy atom. The van der Waals surface area contributed by atoms with Crippen LogP contribution in [0.25, 0.3) is 22.0 Å². The number of pyridine rings is 3. The predicted molar refractivity (Wildman–Crippen MR) is 138 cm³/mol. The highest BCUT2D eigenvalue weighted by Gasteiger charge is 2.38. The summed E-state index contributed by atoms with van der Waals surface area (Å²) in [7, 11) is 3.44. The van der Waals surface area contributed by atoms with Crippen LogP contribution in [-0.4, -0.2) is 31.6 Å². The van der Waals surface area contributed by atoms with E-state index in [4.69, 9.17) is 4.74 Å². The van der Waals surface area contributed by atoms with Crippen LogP contribution < -0.4 is 5.56 Å². The van der Waals surface area contributed by atoms with Crippen LogP contribution in [0.4, 0.5) is 0 Å². The molecular weight excluding hydrogens is 562 g/mol. The molecule has 0 aliphatic rings. The molecule has 0 bridgehead atoms. The molecule has 170 valence electrons. The number of aromatic amines is 1. The van der Waals surface area contributed by atoms with E-state index < -0.39 is 5.60 Å². The number of halogens is 2. The first-order chi connectivity index (χ1) is 16.4.